The third-order valence-corrected chi connectivity index (χ3v) is 6.00. The van der Waals surface area contributed by atoms with E-state index in [1.807, 2.05) is 6.20 Å². The molecule has 0 spiro atoms. The van der Waals surface area contributed by atoms with Crippen LogP contribution < -0.4 is 5.32 Å². The number of nitrogens with zero attached hydrogens (tertiary/aromatic N) is 4. The molecule has 160 valence electrons. The number of hydrogen-bond donors (Lipinski definition) is 2. The summed E-state index contributed by atoms with van der Waals surface area (Å²) in [6.07, 6.45) is 17.5. The van der Waals surface area contributed by atoms with E-state index in [0.717, 1.165) is 62.9 Å². The predicted molar refractivity (Wildman–Crippen MR) is 125 cm³/mol. The molecule has 1 aliphatic heterocycles. The molecule has 2 aromatic rings. The zero-order valence-electron chi connectivity index (χ0n) is 18.3. The van der Waals surface area contributed by atoms with Crippen LogP contribution in [0, 0.1) is 0 Å². The Balaban J connectivity index is 1.36. The van der Waals surface area contributed by atoms with Crippen LogP contribution in [0.25, 0.3) is 11.0 Å². The summed E-state index contributed by atoms with van der Waals surface area (Å²) in [5.74, 6) is 0.704. The second-order valence-corrected chi connectivity index (χ2v) is 8.43. The van der Waals surface area contributed by atoms with Gasteiger partial charge in [-0.05, 0) is 43.0 Å². The molecule has 0 aromatic carbocycles. The van der Waals surface area contributed by atoms with Crippen molar-refractivity contribution in [3.05, 3.63) is 53.4 Å². The van der Waals surface area contributed by atoms with Crippen LogP contribution in [0.5, 0.6) is 0 Å². The summed E-state index contributed by atoms with van der Waals surface area (Å²) in [4.78, 5) is 17.4. The number of unbranched alkanes of at least 4 members (excludes halogenated alkanes) is 1. The van der Waals surface area contributed by atoms with E-state index in [-0.39, 0.29) is 0 Å². The van der Waals surface area contributed by atoms with E-state index in [1.165, 1.54) is 29.8 Å². The van der Waals surface area contributed by atoms with Gasteiger partial charge in [-0.25, -0.2) is 4.98 Å². The summed E-state index contributed by atoms with van der Waals surface area (Å²) in [5.41, 5.74) is 4.94. The van der Waals surface area contributed by atoms with Crippen molar-refractivity contribution in [3.8, 4) is 0 Å². The van der Waals surface area contributed by atoms with E-state index < -0.39 is 0 Å². The molecule has 6 nitrogen and oxygen atoms in total. The van der Waals surface area contributed by atoms with Gasteiger partial charge in [-0.3, -0.25) is 4.90 Å². The van der Waals surface area contributed by atoms with E-state index in [4.69, 9.17) is 0 Å². The molecule has 3 heterocycles. The molecular weight excluding hydrogens is 372 g/mol. The van der Waals surface area contributed by atoms with Crippen molar-refractivity contribution in [1.29, 1.82) is 0 Å². The number of anilines is 1. The molecule has 2 aliphatic rings. The highest BCUT2D eigenvalue weighted by Crippen LogP contribution is 2.22. The fraction of sp³-hybridized carbons (Fsp3) is 0.500. The van der Waals surface area contributed by atoms with Crippen LogP contribution >= 0.6 is 0 Å². The first kappa shape index (κ1) is 20.8. The van der Waals surface area contributed by atoms with E-state index in [2.05, 4.69) is 74.5 Å². The van der Waals surface area contributed by atoms with Gasteiger partial charge < -0.3 is 15.2 Å². The topological polar surface area (TPSA) is 60.1 Å². The van der Waals surface area contributed by atoms with Crippen molar-refractivity contribution in [2.75, 3.05) is 51.6 Å². The summed E-state index contributed by atoms with van der Waals surface area (Å²) in [6, 6.07) is 0. The summed E-state index contributed by atoms with van der Waals surface area (Å²) >= 11 is 0. The SMILES string of the molecule is CCCCNc1ncc2c(CC3=CCC=C(CN4CCN(C)CC4)C=C3)c[nH]c2n1. The second-order valence-electron chi connectivity index (χ2n) is 8.43. The monoisotopic (exact) mass is 406 g/mol. The minimum absolute atomic E-state index is 0.704. The number of aromatic nitrogens is 3. The summed E-state index contributed by atoms with van der Waals surface area (Å²) in [5, 5.41) is 4.41. The second kappa shape index (κ2) is 10.0. The first-order valence-electron chi connectivity index (χ1n) is 11.2. The molecule has 0 bridgehead atoms. The van der Waals surface area contributed by atoms with Gasteiger partial charge in [0.05, 0.1) is 0 Å². The minimum Gasteiger partial charge on any atom is -0.354 e. The smallest absolute Gasteiger partial charge is 0.224 e. The average molecular weight is 407 g/mol. The van der Waals surface area contributed by atoms with Gasteiger partial charge >= 0.3 is 0 Å². The van der Waals surface area contributed by atoms with E-state index in [1.54, 1.807) is 0 Å². The van der Waals surface area contributed by atoms with E-state index in [0.29, 0.717) is 5.95 Å². The fourth-order valence-corrected chi connectivity index (χ4v) is 4.01. The van der Waals surface area contributed by atoms with Crippen LogP contribution in [0.1, 0.15) is 31.7 Å². The maximum absolute atomic E-state index is 4.63. The van der Waals surface area contributed by atoms with Gasteiger partial charge in [-0.2, -0.15) is 4.98 Å². The van der Waals surface area contributed by atoms with Gasteiger partial charge in [0.1, 0.15) is 5.65 Å². The van der Waals surface area contributed by atoms with Gasteiger partial charge in [0.25, 0.3) is 0 Å². The number of fused-ring (bicyclic) bond motifs is 1. The highest BCUT2D eigenvalue weighted by molar-refractivity contribution is 5.80. The van der Waals surface area contributed by atoms with Crippen LogP contribution in [-0.2, 0) is 6.42 Å². The summed E-state index contributed by atoms with van der Waals surface area (Å²) in [7, 11) is 2.21. The molecule has 2 aromatic heterocycles. The van der Waals surface area contributed by atoms with Crippen molar-refractivity contribution >= 4 is 17.0 Å². The number of hydrogen-bond acceptors (Lipinski definition) is 5. The third kappa shape index (κ3) is 5.37. The van der Waals surface area contributed by atoms with Gasteiger partial charge in [0.2, 0.25) is 5.95 Å². The molecule has 1 saturated heterocycles. The van der Waals surface area contributed by atoms with Crippen LogP contribution in [0.4, 0.5) is 5.95 Å². The maximum atomic E-state index is 4.63. The lowest BCUT2D eigenvalue weighted by molar-refractivity contribution is 0.164. The first-order valence-corrected chi connectivity index (χ1v) is 11.2. The Morgan fingerprint density at radius 1 is 1.10 bits per heavy atom. The van der Waals surface area contributed by atoms with Gasteiger partial charge in [0, 0.05) is 57.0 Å². The van der Waals surface area contributed by atoms with Crippen molar-refractivity contribution in [2.24, 2.45) is 0 Å². The highest BCUT2D eigenvalue weighted by atomic mass is 15.2. The molecule has 1 fully saturated rings. The van der Waals surface area contributed by atoms with Crippen molar-refractivity contribution in [3.63, 3.8) is 0 Å². The first-order chi connectivity index (χ1) is 14.7. The number of piperazine rings is 1. The normalized spacial score (nSPS) is 18.3. The molecule has 1 aliphatic carbocycles. The molecule has 6 heteroatoms. The molecule has 30 heavy (non-hydrogen) atoms. The molecule has 0 amide bonds. The standard InChI is InChI=1S/C24H34N6/c1-3-4-10-25-24-27-17-22-21(16-26-23(22)28-24)15-19-6-5-7-20(9-8-19)18-30-13-11-29(2)12-14-30/h6-9,16-17H,3-5,10-15,18H2,1-2H3,(H2,25,26,27,28). The van der Waals surface area contributed by atoms with Crippen LogP contribution in [0.3, 0.4) is 0 Å². The predicted octanol–water partition coefficient (Wildman–Crippen LogP) is 3.77. The van der Waals surface area contributed by atoms with Crippen LogP contribution in [-0.4, -0.2) is 71.1 Å². The molecule has 0 atom stereocenters. The van der Waals surface area contributed by atoms with E-state index in [9.17, 15) is 0 Å². The van der Waals surface area contributed by atoms with E-state index >= 15 is 0 Å². The average Bonchev–Trinajstić information content (AvgIpc) is 3.01. The zero-order chi connectivity index (χ0) is 20.8. The van der Waals surface area contributed by atoms with Gasteiger partial charge in [-0.15, -0.1) is 0 Å². The number of rotatable bonds is 8. The number of H-pyrrole nitrogens is 1. The number of likely N-dealkylation sites (N-methyl/N-ethyl adjacent to an activating group) is 1. The molecular formula is C24H34N6. The Kier molecular flexibility index (Phi) is 6.97. The summed E-state index contributed by atoms with van der Waals surface area (Å²) < 4.78 is 0. The van der Waals surface area contributed by atoms with Crippen LogP contribution in [0.15, 0.2) is 47.8 Å². The minimum atomic E-state index is 0.704. The van der Waals surface area contributed by atoms with Gasteiger partial charge in [0.15, 0.2) is 0 Å². The molecule has 0 unspecified atom stereocenters. The summed E-state index contributed by atoms with van der Waals surface area (Å²) in [6.45, 7) is 8.80. The lowest BCUT2D eigenvalue weighted by Crippen LogP contribution is -2.44. The quantitative estimate of drug-likeness (QED) is 0.654. The number of aromatic amines is 1. The molecule has 0 saturated carbocycles. The van der Waals surface area contributed by atoms with Crippen LogP contribution in [0.2, 0.25) is 0 Å². The number of allylic oxidation sites excluding steroid dienone is 4. The molecule has 2 N–H and O–H groups in total. The Morgan fingerprint density at radius 3 is 2.73 bits per heavy atom. The lowest BCUT2D eigenvalue weighted by atomic mass is 10.0. The Bertz CT molecular complexity index is 930. The Labute approximate surface area is 179 Å². The largest absolute Gasteiger partial charge is 0.354 e. The fourth-order valence-electron chi connectivity index (χ4n) is 4.01. The molecule has 0 radical (unpaired) electrons. The Hall–Kier alpha value is -2.44. The number of nitrogens with one attached hydrogen (secondary N) is 2. The van der Waals surface area contributed by atoms with Crippen molar-refractivity contribution in [2.45, 2.75) is 32.6 Å². The highest BCUT2D eigenvalue weighted by Gasteiger charge is 2.15. The van der Waals surface area contributed by atoms with Gasteiger partial charge in [-0.1, -0.05) is 37.6 Å². The van der Waals surface area contributed by atoms with Crippen molar-refractivity contribution < 1.29 is 0 Å². The van der Waals surface area contributed by atoms with Crippen molar-refractivity contribution in [1.82, 2.24) is 24.8 Å². The zero-order valence-corrected chi connectivity index (χ0v) is 18.3. The molecule has 4 rings (SSSR count). The maximum Gasteiger partial charge on any atom is 0.224 e. The third-order valence-electron chi connectivity index (χ3n) is 6.00. The lowest BCUT2D eigenvalue weighted by Gasteiger charge is -2.32. The Morgan fingerprint density at radius 2 is 1.90 bits per heavy atom.